The summed E-state index contributed by atoms with van der Waals surface area (Å²) in [5.41, 5.74) is 3.69. The largest absolute Gasteiger partial charge is 0.244 e. The van der Waals surface area contributed by atoms with Gasteiger partial charge in [0.1, 0.15) is 33.4 Å². The van der Waals surface area contributed by atoms with Gasteiger partial charge in [0.05, 0.1) is 33.1 Å². The lowest BCUT2D eigenvalue weighted by molar-refractivity contribution is 0.629. The molecule has 0 N–H and O–H groups in total. The van der Waals surface area contributed by atoms with E-state index in [1.165, 1.54) is 24.3 Å². The Morgan fingerprint density at radius 2 is 0.917 bits per heavy atom. The van der Waals surface area contributed by atoms with Gasteiger partial charge in [-0.15, -0.1) is 0 Å². The molecule has 0 saturated carbocycles. The van der Waals surface area contributed by atoms with E-state index in [9.17, 15) is 19.3 Å². The highest BCUT2D eigenvalue weighted by Gasteiger charge is 2.17. The van der Waals surface area contributed by atoms with Gasteiger partial charge in [-0.3, -0.25) is 0 Å². The topological polar surface area (TPSA) is 124 Å². The zero-order valence-electron chi connectivity index (χ0n) is 18.0. The van der Waals surface area contributed by atoms with Gasteiger partial charge in [0.2, 0.25) is 12.4 Å². The third kappa shape index (κ3) is 2.64. The molecule has 0 radical (unpaired) electrons. The van der Waals surface area contributed by atoms with Crippen LogP contribution < -0.4 is 10.7 Å². The van der Waals surface area contributed by atoms with Crippen molar-refractivity contribution in [1.82, 2.24) is 19.9 Å². The summed E-state index contributed by atoms with van der Waals surface area (Å²) in [6.45, 7) is 0. The van der Waals surface area contributed by atoms with E-state index in [4.69, 9.17) is 19.9 Å². The van der Waals surface area contributed by atoms with Crippen molar-refractivity contribution in [1.29, 1.82) is 10.5 Å². The molecule has 0 bridgehead atoms. The monoisotopic (exact) mass is 470 g/mol. The highest BCUT2D eigenvalue weighted by molar-refractivity contribution is 6.12. The maximum absolute atomic E-state index is 13.9. The maximum Gasteiger partial charge on any atom is 0.206 e. The second-order valence-corrected chi connectivity index (χ2v) is 8.17. The van der Waals surface area contributed by atoms with E-state index in [0.29, 0.717) is 65.7 Å². The minimum Gasteiger partial charge on any atom is -0.244 e. The third-order valence-electron chi connectivity index (χ3n) is 6.21. The van der Waals surface area contributed by atoms with Crippen LogP contribution in [0.1, 0.15) is 0 Å². The van der Waals surface area contributed by atoms with Crippen LogP contribution in [0.2, 0.25) is 0 Å². The molecule has 0 fully saturated rings. The van der Waals surface area contributed by atoms with E-state index < -0.39 is 11.6 Å². The van der Waals surface area contributed by atoms with E-state index in [2.05, 4.69) is 9.98 Å². The van der Waals surface area contributed by atoms with Crippen LogP contribution in [0.5, 0.6) is 0 Å². The van der Waals surface area contributed by atoms with Crippen molar-refractivity contribution in [3.05, 3.63) is 70.9 Å². The second kappa shape index (κ2) is 7.01. The molecule has 0 aliphatic heterocycles. The van der Waals surface area contributed by atoms with Crippen molar-refractivity contribution in [3.63, 3.8) is 0 Å². The van der Waals surface area contributed by atoms with Crippen LogP contribution in [-0.2, 0) is 0 Å². The number of hydrogen-bond donors (Lipinski definition) is 0. The molecule has 10 heteroatoms. The minimum atomic E-state index is -0.458. The lowest BCUT2D eigenvalue weighted by Gasteiger charge is -2.02. The summed E-state index contributed by atoms with van der Waals surface area (Å²) in [5, 5.41) is 21.0. The van der Waals surface area contributed by atoms with Crippen LogP contribution >= 0.6 is 0 Å². The Morgan fingerprint density at radius 1 is 0.528 bits per heavy atom. The van der Waals surface area contributed by atoms with Crippen molar-refractivity contribution in [3.8, 4) is 12.4 Å². The summed E-state index contributed by atoms with van der Waals surface area (Å²) >= 11 is 0. The molecule has 0 spiro atoms. The lowest BCUT2D eigenvalue weighted by Crippen LogP contribution is -2.02. The van der Waals surface area contributed by atoms with Crippen LogP contribution in [0.25, 0.3) is 65.7 Å². The van der Waals surface area contributed by atoms with Gasteiger partial charge in [-0.05, 0) is 48.5 Å². The molecule has 7 rings (SSSR count). The Hall–Kier alpha value is -5.48. The van der Waals surface area contributed by atoms with Crippen LogP contribution in [0.3, 0.4) is 0 Å². The molecule has 0 aliphatic carbocycles. The number of rotatable bonds is 0. The van der Waals surface area contributed by atoms with Crippen molar-refractivity contribution < 1.29 is 8.78 Å². The van der Waals surface area contributed by atoms with Crippen LogP contribution in [0.4, 0.5) is 8.78 Å². The molecule has 166 valence electrons. The zero-order chi connectivity index (χ0) is 24.6. The fourth-order valence-electron chi connectivity index (χ4n) is 4.73. The highest BCUT2D eigenvalue weighted by atomic mass is 19.1. The van der Waals surface area contributed by atoms with Gasteiger partial charge < -0.3 is 0 Å². The Kier molecular flexibility index (Phi) is 3.88. The van der Waals surface area contributed by atoms with Gasteiger partial charge in [0.25, 0.3) is 0 Å². The minimum absolute atomic E-state index is 0.254. The van der Waals surface area contributed by atoms with Gasteiger partial charge >= 0.3 is 0 Å². The summed E-state index contributed by atoms with van der Waals surface area (Å²) < 4.78 is 27.9. The molecule has 0 aliphatic rings. The molecule has 0 atom stereocenters. The quantitative estimate of drug-likeness (QED) is 0.243. The van der Waals surface area contributed by atoms with E-state index in [1.807, 2.05) is 0 Å². The first-order valence-electron chi connectivity index (χ1n) is 10.6. The van der Waals surface area contributed by atoms with Crippen molar-refractivity contribution in [2.45, 2.75) is 0 Å². The number of halogens is 2. The molecule has 2 heterocycles. The predicted octanol–water partition coefficient (Wildman–Crippen LogP) is 4.10. The first kappa shape index (κ1) is 19.9. The molecule has 0 saturated heterocycles. The molecule has 36 heavy (non-hydrogen) atoms. The van der Waals surface area contributed by atoms with Gasteiger partial charge in [0.15, 0.2) is 0 Å². The lowest BCUT2D eigenvalue weighted by atomic mass is 10.2. The SMILES string of the molecule is N#CN=c1c2cc(F)ccc2c2nc3cc4nc5c(=NC#N)c6cc(F)ccc6c5nc4cc3nc12. The first-order chi connectivity index (χ1) is 17.6. The Bertz CT molecular complexity index is 2150. The Labute approximate surface area is 198 Å². The predicted molar refractivity (Wildman–Crippen MR) is 127 cm³/mol. The highest BCUT2D eigenvalue weighted by Crippen LogP contribution is 2.28. The van der Waals surface area contributed by atoms with Crippen LogP contribution in [0, 0.1) is 34.5 Å². The maximum atomic E-state index is 13.9. The molecular weight excluding hydrogens is 462 g/mol. The second-order valence-electron chi connectivity index (χ2n) is 8.17. The zero-order valence-corrected chi connectivity index (χ0v) is 18.0. The average molecular weight is 470 g/mol. The van der Waals surface area contributed by atoms with E-state index >= 15 is 0 Å². The average Bonchev–Trinajstić information content (AvgIpc) is 3.31. The van der Waals surface area contributed by atoms with E-state index in [1.54, 1.807) is 36.7 Å². The molecular formula is C26H8F2N8. The fourth-order valence-corrected chi connectivity index (χ4v) is 4.73. The number of nitrogens with zero attached hydrogens (tertiary/aromatic N) is 8. The molecule has 7 aromatic rings. The fraction of sp³-hybridized carbons (Fsp3) is 0. The smallest absolute Gasteiger partial charge is 0.206 e. The van der Waals surface area contributed by atoms with Crippen molar-refractivity contribution in [2.75, 3.05) is 0 Å². The summed E-state index contributed by atoms with van der Waals surface area (Å²) in [5.74, 6) is -0.916. The van der Waals surface area contributed by atoms with Gasteiger partial charge in [-0.25, -0.2) is 28.7 Å². The number of benzene rings is 3. The van der Waals surface area contributed by atoms with Gasteiger partial charge in [-0.1, -0.05) is 0 Å². The van der Waals surface area contributed by atoms with Crippen molar-refractivity contribution >= 4 is 65.7 Å². The third-order valence-corrected chi connectivity index (χ3v) is 6.21. The Balaban J connectivity index is 1.63. The summed E-state index contributed by atoms with van der Waals surface area (Å²) in [6.07, 6.45) is 3.52. The number of fused-ring (bicyclic) bond motifs is 8. The normalized spacial score (nSPS) is 13.0. The van der Waals surface area contributed by atoms with Crippen LogP contribution in [0.15, 0.2) is 58.5 Å². The summed E-state index contributed by atoms with van der Waals surface area (Å²) in [4.78, 5) is 26.6. The van der Waals surface area contributed by atoms with E-state index in [-0.39, 0.29) is 10.7 Å². The molecule has 8 nitrogen and oxygen atoms in total. The number of aromatic nitrogens is 4. The van der Waals surface area contributed by atoms with Gasteiger partial charge in [-0.2, -0.15) is 20.5 Å². The Morgan fingerprint density at radius 3 is 1.31 bits per heavy atom. The first-order valence-corrected chi connectivity index (χ1v) is 10.6. The van der Waals surface area contributed by atoms with Crippen molar-refractivity contribution in [2.24, 2.45) is 9.98 Å². The summed E-state index contributed by atoms with van der Waals surface area (Å²) in [6, 6.07) is 11.8. The number of hydrogen-bond acceptors (Lipinski definition) is 8. The molecule has 2 aromatic heterocycles. The van der Waals surface area contributed by atoms with E-state index in [0.717, 1.165) is 0 Å². The molecule has 0 amide bonds. The number of nitriles is 2. The van der Waals surface area contributed by atoms with Crippen LogP contribution in [-0.4, -0.2) is 19.9 Å². The summed E-state index contributed by atoms with van der Waals surface area (Å²) in [7, 11) is 0. The molecule has 5 aromatic carbocycles. The molecule has 0 unspecified atom stereocenters. The standard InChI is InChI=1S/C26H8F2N8/c27-11-1-3-13-15(5-11)21(31-9-29)25-23(13)33-17-7-20-18(8-19(17)35-25)34-24-14-4-2-12(28)6-16(14)22(32-10-30)26(24)36-20/h1-8H. The van der Waals surface area contributed by atoms with Gasteiger partial charge in [0, 0.05) is 21.5 Å².